The molecular formula is C19H20FNO6. The summed E-state index contributed by atoms with van der Waals surface area (Å²) in [7, 11) is 0. The Kier molecular flexibility index (Phi) is 6.73. The predicted octanol–water partition coefficient (Wildman–Crippen LogP) is 2.07. The molecule has 0 amide bonds. The van der Waals surface area contributed by atoms with Gasteiger partial charge in [0, 0.05) is 6.54 Å². The molecule has 7 nitrogen and oxygen atoms in total. The number of hydrogen-bond donors (Lipinski definition) is 4. The van der Waals surface area contributed by atoms with Gasteiger partial charge in [0.2, 0.25) is 0 Å². The number of aromatic hydroxyl groups is 2. The largest absolute Gasteiger partial charge is 0.504 e. The van der Waals surface area contributed by atoms with Crippen molar-refractivity contribution in [1.29, 1.82) is 0 Å². The number of phenols is 2. The van der Waals surface area contributed by atoms with Crippen molar-refractivity contribution in [1.82, 2.24) is 5.32 Å². The zero-order valence-corrected chi connectivity index (χ0v) is 14.6. The quantitative estimate of drug-likeness (QED) is 0.411. The summed E-state index contributed by atoms with van der Waals surface area (Å²) in [5.41, 5.74) is 0.707. The SMILES string of the molecule is CC(CN[C@@H](Cc1ccc(O)c(O)c1)C(=O)O)OC(=O)c1ccc(F)cc1. The molecule has 2 atom stereocenters. The first-order valence-electron chi connectivity index (χ1n) is 8.20. The van der Waals surface area contributed by atoms with E-state index in [1.807, 2.05) is 0 Å². The third-order valence-electron chi connectivity index (χ3n) is 3.82. The molecule has 0 bridgehead atoms. The molecule has 0 spiro atoms. The highest BCUT2D eigenvalue weighted by Gasteiger charge is 2.20. The lowest BCUT2D eigenvalue weighted by Gasteiger charge is -2.19. The van der Waals surface area contributed by atoms with Crippen molar-refractivity contribution in [3.05, 3.63) is 59.4 Å². The molecule has 8 heteroatoms. The van der Waals surface area contributed by atoms with Crippen LogP contribution in [0.25, 0.3) is 0 Å². The third-order valence-corrected chi connectivity index (χ3v) is 3.82. The lowest BCUT2D eigenvalue weighted by Crippen LogP contribution is -2.42. The number of carboxylic acids is 1. The second-order valence-corrected chi connectivity index (χ2v) is 6.05. The molecule has 27 heavy (non-hydrogen) atoms. The maximum absolute atomic E-state index is 12.9. The number of aliphatic carboxylic acids is 1. The summed E-state index contributed by atoms with van der Waals surface area (Å²) in [4.78, 5) is 23.4. The monoisotopic (exact) mass is 377 g/mol. The van der Waals surface area contributed by atoms with Crippen LogP contribution in [-0.2, 0) is 16.0 Å². The van der Waals surface area contributed by atoms with Crippen molar-refractivity contribution in [2.45, 2.75) is 25.5 Å². The first-order valence-corrected chi connectivity index (χ1v) is 8.20. The highest BCUT2D eigenvalue weighted by atomic mass is 19.1. The lowest BCUT2D eigenvalue weighted by atomic mass is 10.1. The van der Waals surface area contributed by atoms with Crippen LogP contribution in [0.3, 0.4) is 0 Å². The van der Waals surface area contributed by atoms with Gasteiger partial charge in [-0.25, -0.2) is 9.18 Å². The molecule has 0 heterocycles. The van der Waals surface area contributed by atoms with Gasteiger partial charge >= 0.3 is 11.9 Å². The number of carbonyl (C=O) groups is 2. The Balaban J connectivity index is 1.90. The van der Waals surface area contributed by atoms with E-state index in [9.17, 15) is 29.3 Å². The Morgan fingerprint density at radius 2 is 1.78 bits per heavy atom. The van der Waals surface area contributed by atoms with E-state index >= 15 is 0 Å². The van der Waals surface area contributed by atoms with Gasteiger partial charge in [-0.1, -0.05) is 6.07 Å². The van der Waals surface area contributed by atoms with Crippen LogP contribution < -0.4 is 5.32 Å². The van der Waals surface area contributed by atoms with E-state index in [1.165, 1.54) is 30.3 Å². The average Bonchev–Trinajstić information content (AvgIpc) is 2.61. The Bertz CT molecular complexity index is 808. The van der Waals surface area contributed by atoms with E-state index in [-0.39, 0.29) is 30.0 Å². The molecule has 4 N–H and O–H groups in total. The Morgan fingerprint density at radius 3 is 2.37 bits per heavy atom. The number of ether oxygens (including phenoxy) is 1. The minimum atomic E-state index is -1.11. The van der Waals surface area contributed by atoms with Crippen LogP contribution in [0.2, 0.25) is 0 Å². The van der Waals surface area contributed by atoms with Crippen LogP contribution >= 0.6 is 0 Å². The summed E-state index contributed by atoms with van der Waals surface area (Å²) in [5.74, 6) is -2.84. The number of esters is 1. The van der Waals surface area contributed by atoms with Gasteiger partial charge in [-0.05, 0) is 55.3 Å². The van der Waals surface area contributed by atoms with Gasteiger partial charge in [0.1, 0.15) is 18.0 Å². The van der Waals surface area contributed by atoms with E-state index in [0.717, 1.165) is 12.1 Å². The second kappa shape index (κ2) is 9.00. The van der Waals surface area contributed by atoms with E-state index < -0.39 is 29.9 Å². The molecular weight excluding hydrogens is 357 g/mol. The Labute approximate surface area is 155 Å². The zero-order valence-electron chi connectivity index (χ0n) is 14.6. The van der Waals surface area contributed by atoms with Crippen LogP contribution in [0, 0.1) is 5.82 Å². The summed E-state index contributed by atoms with van der Waals surface area (Å²) < 4.78 is 18.1. The summed E-state index contributed by atoms with van der Waals surface area (Å²) in [6, 6.07) is 7.97. The normalized spacial score (nSPS) is 13.0. The minimum Gasteiger partial charge on any atom is -0.504 e. The van der Waals surface area contributed by atoms with Gasteiger partial charge in [0.25, 0.3) is 0 Å². The zero-order chi connectivity index (χ0) is 20.0. The fourth-order valence-electron chi connectivity index (χ4n) is 2.37. The number of benzene rings is 2. The van der Waals surface area contributed by atoms with Crippen LogP contribution in [0.1, 0.15) is 22.8 Å². The first-order chi connectivity index (χ1) is 12.8. The fraction of sp³-hybridized carbons (Fsp3) is 0.263. The molecule has 2 rings (SSSR count). The van der Waals surface area contributed by atoms with Gasteiger partial charge < -0.3 is 25.4 Å². The maximum Gasteiger partial charge on any atom is 0.338 e. The summed E-state index contributed by atoms with van der Waals surface area (Å²) in [6.45, 7) is 1.67. The number of carboxylic acid groups (broad SMARTS) is 1. The van der Waals surface area contributed by atoms with E-state index in [1.54, 1.807) is 6.92 Å². The molecule has 0 radical (unpaired) electrons. The smallest absolute Gasteiger partial charge is 0.338 e. The third kappa shape index (κ3) is 5.96. The molecule has 0 saturated heterocycles. The summed E-state index contributed by atoms with van der Waals surface area (Å²) in [6.07, 6.45) is -0.570. The molecule has 0 aromatic heterocycles. The van der Waals surface area contributed by atoms with E-state index in [0.29, 0.717) is 5.56 Å². The van der Waals surface area contributed by atoms with Crippen LogP contribution in [0.15, 0.2) is 42.5 Å². The van der Waals surface area contributed by atoms with Crippen molar-refractivity contribution < 1.29 is 34.0 Å². The molecule has 1 unspecified atom stereocenters. The van der Waals surface area contributed by atoms with E-state index in [2.05, 4.69) is 5.32 Å². The Hall–Kier alpha value is -3.13. The number of phenolic OH excluding ortho intramolecular Hbond substituents is 2. The maximum atomic E-state index is 12.9. The van der Waals surface area contributed by atoms with Gasteiger partial charge in [-0.2, -0.15) is 0 Å². The molecule has 0 saturated carbocycles. The average molecular weight is 377 g/mol. The van der Waals surface area contributed by atoms with Gasteiger partial charge in [0.15, 0.2) is 11.5 Å². The lowest BCUT2D eigenvalue weighted by molar-refractivity contribution is -0.139. The van der Waals surface area contributed by atoms with Crippen LogP contribution in [0.4, 0.5) is 4.39 Å². The molecule has 2 aromatic carbocycles. The fourth-order valence-corrected chi connectivity index (χ4v) is 2.37. The van der Waals surface area contributed by atoms with Crippen molar-refractivity contribution >= 4 is 11.9 Å². The number of halogens is 1. The Morgan fingerprint density at radius 1 is 1.11 bits per heavy atom. The molecule has 0 aliphatic rings. The van der Waals surface area contributed by atoms with Crippen molar-refractivity contribution in [2.75, 3.05) is 6.54 Å². The highest BCUT2D eigenvalue weighted by molar-refractivity contribution is 5.89. The number of rotatable bonds is 8. The molecule has 0 aliphatic heterocycles. The second-order valence-electron chi connectivity index (χ2n) is 6.05. The van der Waals surface area contributed by atoms with Crippen LogP contribution in [0.5, 0.6) is 11.5 Å². The standard InChI is InChI=1S/C19H20FNO6/c1-11(27-19(26)13-3-5-14(20)6-4-13)10-21-15(18(24)25)8-12-2-7-16(22)17(23)9-12/h2-7,9,11,15,21-23H,8,10H2,1H3,(H,24,25)/t11?,15-/m0/s1. The number of hydrogen-bond acceptors (Lipinski definition) is 6. The molecule has 2 aromatic rings. The highest BCUT2D eigenvalue weighted by Crippen LogP contribution is 2.25. The van der Waals surface area contributed by atoms with Crippen molar-refractivity contribution in [2.24, 2.45) is 0 Å². The van der Waals surface area contributed by atoms with Crippen LogP contribution in [-0.4, -0.2) is 45.9 Å². The molecule has 0 aliphatic carbocycles. The topological polar surface area (TPSA) is 116 Å². The van der Waals surface area contributed by atoms with Gasteiger partial charge in [-0.3, -0.25) is 4.79 Å². The van der Waals surface area contributed by atoms with Gasteiger partial charge in [-0.15, -0.1) is 0 Å². The first kappa shape index (κ1) is 20.2. The van der Waals surface area contributed by atoms with E-state index in [4.69, 9.17) is 4.74 Å². The summed E-state index contributed by atoms with van der Waals surface area (Å²) >= 11 is 0. The van der Waals surface area contributed by atoms with Crippen molar-refractivity contribution in [3.63, 3.8) is 0 Å². The predicted molar refractivity (Wildman–Crippen MR) is 94.2 cm³/mol. The molecule has 144 valence electrons. The summed E-state index contributed by atoms with van der Waals surface area (Å²) in [5, 5.41) is 30.9. The van der Waals surface area contributed by atoms with Crippen molar-refractivity contribution in [3.8, 4) is 11.5 Å². The number of nitrogens with one attached hydrogen (secondary N) is 1. The van der Waals surface area contributed by atoms with Gasteiger partial charge in [0.05, 0.1) is 5.56 Å². The minimum absolute atomic E-state index is 0.0573. The molecule has 0 fully saturated rings. The number of carbonyl (C=O) groups excluding carboxylic acids is 1.